The number of aliphatic imine (C=N–C) groups is 1. The topological polar surface area (TPSA) is 119 Å². The Balaban J connectivity index is 1.86. The molecule has 2 heterocycles. The molecule has 2 aromatic rings. The van der Waals surface area contributed by atoms with Crippen LogP contribution in [0.25, 0.3) is 11.1 Å². The molecule has 1 aliphatic heterocycles. The Labute approximate surface area is 170 Å². The molecule has 1 aliphatic rings. The van der Waals surface area contributed by atoms with Crippen molar-refractivity contribution in [2.24, 2.45) is 22.4 Å². The lowest BCUT2D eigenvalue weighted by Gasteiger charge is -2.18. The average Bonchev–Trinajstić information content (AvgIpc) is 3.32. The molecule has 29 heavy (non-hydrogen) atoms. The normalized spacial score (nSPS) is 15.9. The third-order valence-corrected chi connectivity index (χ3v) is 4.68. The van der Waals surface area contributed by atoms with Gasteiger partial charge >= 0.3 is 0 Å². The van der Waals surface area contributed by atoms with E-state index in [9.17, 15) is 0 Å². The second-order valence-electron chi connectivity index (χ2n) is 7.27. The molecule has 152 valence electrons. The zero-order valence-electron chi connectivity index (χ0n) is 17.0. The highest BCUT2D eigenvalue weighted by atomic mass is 16.5. The molecule has 0 aliphatic carbocycles. The number of hydrogen-bond acceptors (Lipinski definition) is 8. The highest BCUT2D eigenvalue weighted by molar-refractivity contribution is 6.09. The van der Waals surface area contributed by atoms with Crippen LogP contribution in [-0.2, 0) is 0 Å². The molecular weight excluding hydrogens is 366 g/mol. The Bertz CT molecular complexity index is 954. The fraction of sp³-hybridized carbons (Fsp3) is 0.286. The molecule has 0 radical (unpaired) electrons. The van der Waals surface area contributed by atoms with Crippen LogP contribution in [0.5, 0.6) is 0 Å². The number of nitrogens with one attached hydrogen (secondary N) is 1. The fourth-order valence-electron chi connectivity index (χ4n) is 3.24. The Morgan fingerprint density at radius 1 is 1.34 bits per heavy atom. The number of hydrogen-bond donors (Lipinski definition) is 3. The lowest BCUT2D eigenvalue weighted by atomic mass is 9.87. The molecular formula is C21H27N7O. The van der Waals surface area contributed by atoms with Gasteiger partial charge in [-0.25, -0.2) is 10.4 Å². The lowest BCUT2D eigenvalue weighted by Crippen LogP contribution is -2.23. The van der Waals surface area contributed by atoms with Gasteiger partial charge in [-0.3, -0.25) is 0 Å². The van der Waals surface area contributed by atoms with Crippen LogP contribution in [0.15, 0.2) is 58.6 Å². The molecule has 5 N–H and O–H groups in total. The molecule has 0 bridgehead atoms. The average molecular weight is 393 g/mol. The van der Waals surface area contributed by atoms with E-state index in [1.165, 1.54) is 6.20 Å². The lowest BCUT2D eigenvalue weighted by molar-refractivity contribution is 0.373. The predicted molar refractivity (Wildman–Crippen MR) is 115 cm³/mol. The van der Waals surface area contributed by atoms with Crippen molar-refractivity contribution in [3.63, 3.8) is 0 Å². The highest BCUT2D eigenvalue weighted by Gasteiger charge is 2.25. The van der Waals surface area contributed by atoms with Gasteiger partial charge in [-0.1, -0.05) is 49.8 Å². The number of nitrogens with two attached hydrogens (primary N) is 2. The predicted octanol–water partition coefficient (Wildman–Crippen LogP) is 2.45. The van der Waals surface area contributed by atoms with Gasteiger partial charge in [0.2, 0.25) is 0 Å². The number of rotatable bonds is 7. The molecule has 0 saturated heterocycles. The zero-order chi connectivity index (χ0) is 21.0. The first-order valence-corrected chi connectivity index (χ1v) is 9.40. The smallest absolute Gasteiger partial charge is 0.256 e. The first-order valence-electron chi connectivity index (χ1n) is 9.40. The summed E-state index contributed by atoms with van der Waals surface area (Å²) >= 11 is 0. The van der Waals surface area contributed by atoms with E-state index in [1.807, 2.05) is 30.4 Å². The van der Waals surface area contributed by atoms with Gasteiger partial charge < -0.3 is 21.0 Å². The molecule has 1 aromatic carbocycles. The first-order chi connectivity index (χ1) is 13.9. The summed E-state index contributed by atoms with van der Waals surface area (Å²) in [5.74, 6) is 1.75. The number of hydrazine groups is 1. The van der Waals surface area contributed by atoms with E-state index in [0.717, 1.165) is 22.3 Å². The minimum Gasteiger partial charge on any atom is -0.404 e. The molecule has 8 nitrogen and oxygen atoms in total. The van der Waals surface area contributed by atoms with E-state index >= 15 is 0 Å². The maximum absolute atomic E-state index is 5.73. The number of aromatic nitrogens is 2. The monoisotopic (exact) mass is 393 g/mol. The van der Waals surface area contributed by atoms with Gasteiger partial charge in [-0.05, 0) is 17.0 Å². The largest absolute Gasteiger partial charge is 0.404 e. The second-order valence-corrected chi connectivity index (χ2v) is 7.27. The summed E-state index contributed by atoms with van der Waals surface area (Å²) in [5, 5.41) is 6.14. The Kier molecular flexibility index (Phi) is 6.13. The third-order valence-electron chi connectivity index (χ3n) is 4.68. The quantitative estimate of drug-likeness (QED) is 0.618. The van der Waals surface area contributed by atoms with Gasteiger partial charge in [0.15, 0.2) is 5.82 Å². The van der Waals surface area contributed by atoms with Gasteiger partial charge in [0.25, 0.3) is 5.89 Å². The van der Waals surface area contributed by atoms with Gasteiger partial charge in [0.1, 0.15) is 5.82 Å². The molecule has 0 amide bonds. The Morgan fingerprint density at radius 2 is 2.07 bits per heavy atom. The summed E-state index contributed by atoms with van der Waals surface area (Å²) in [6.07, 6.45) is 5.05. The SMILES string of the molecule is C=C(N)/N=C\C(=C/N)c1ccc(C(c2noc(C3=CN(C)NC3)n2)C(C)C)cc1. The molecule has 0 fully saturated rings. The number of benzene rings is 1. The van der Waals surface area contributed by atoms with Gasteiger partial charge in [0, 0.05) is 43.7 Å². The van der Waals surface area contributed by atoms with Crippen molar-refractivity contribution >= 4 is 17.4 Å². The van der Waals surface area contributed by atoms with Crippen molar-refractivity contribution in [3.05, 3.63) is 71.9 Å². The number of allylic oxidation sites excluding steroid dienone is 1. The highest BCUT2D eigenvalue weighted by Crippen LogP contribution is 2.31. The second kappa shape index (κ2) is 8.74. The van der Waals surface area contributed by atoms with E-state index in [0.29, 0.717) is 18.3 Å². The summed E-state index contributed by atoms with van der Waals surface area (Å²) < 4.78 is 5.52. The van der Waals surface area contributed by atoms with E-state index in [-0.39, 0.29) is 17.7 Å². The molecule has 1 unspecified atom stereocenters. The van der Waals surface area contributed by atoms with Gasteiger partial charge in [-0.15, -0.1) is 0 Å². The third kappa shape index (κ3) is 4.72. The summed E-state index contributed by atoms with van der Waals surface area (Å²) in [5.41, 5.74) is 18.2. The van der Waals surface area contributed by atoms with E-state index in [2.05, 4.69) is 53.1 Å². The van der Waals surface area contributed by atoms with E-state index in [4.69, 9.17) is 16.0 Å². The van der Waals surface area contributed by atoms with Crippen LogP contribution in [-0.4, -0.2) is 35.0 Å². The van der Waals surface area contributed by atoms with Crippen molar-refractivity contribution in [2.75, 3.05) is 13.6 Å². The maximum Gasteiger partial charge on any atom is 0.256 e. The van der Waals surface area contributed by atoms with Crippen molar-refractivity contribution in [1.82, 2.24) is 20.6 Å². The zero-order valence-corrected chi connectivity index (χ0v) is 17.0. The van der Waals surface area contributed by atoms with Crippen LogP contribution in [0.4, 0.5) is 0 Å². The van der Waals surface area contributed by atoms with Crippen LogP contribution in [0.3, 0.4) is 0 Å². The van der Waals surface area contributed by atoms with E-state index < -0.39 is 0 Å². The fourth-order valence-corrected chi connectivity index (χ4v) is 3.24. The minimum atomic E-state index is 0.0111. The molecule has 1 aromatic heterocycles. The van der Waals surface area contributed by atoms with Gasteiger partial charge in [0.05, 0.1) is 5.57 Å². The summed E-state index contributed by atoms with van der Waals surface area (Å²) in [4.78, 5) is 8.67. The standard InChI is InChI=1S/C21H27N7O/c1-13(2)19(20-26-21(29-27-20)18-11-25-28(4)12-18)16-7-5-15(6-8-16)17(9-22)10-24-14(3)23/h5-10,12-13,19,25H,3,11,22-23H2,1-2,4H3/b17-9+,24-10-. The minimum absolute atomic E-state index is 0.0111. The van der Waals surface area contributed by atoms with Crippen LogP contribution in [0, 0.1) is 5.92 Å². The maximum atomic E-state index is 5.73. The summed E-state index contributed by atoms with van der Waals surface area (Å²) in [6.45, 7) is 8.51. The number of nitrogens with zero attached hydrogens (tertiary/aromatic N) is 4. The van der Waals surface area contributed by atoms with Crippen LogP contribution in [0.1, 0.15) is 42.6 Å². The van der Waals surface area contributed by atoms with Crippen molar-refractivity contribution in [1.29, 1.82) is 0 Å². The van der Waals surface area contributed by atoms with Crippen LogP contribution >= 0.6 is 0 Å². The van der Waals surface area contributed by atoms with Gasteiger partial charge in [-0.2, -0.15) is 4.98 Å². The Morgan fingerprint density at radius 3 is 2.62 bits per heavy atom. The molecule has 1 atom stereocenters. The van der Waals surface area contributed by atoms with Crippen LogP contribution < -0.4 is 16.9 Å². The summed E-state index contributed by atoms with van der Waals surface area (Å²) in [7, 11) is 1.93. The van der Waals surface area contributed by atoms with Crippen molar-refractivity contribution < 1.29 is 4.52 Å². The summed E-state index contributed by atoms with van der Waals surface area (Å²) in [6, 6.07) is 8.09. The molecule has 8 heteroatoms. The van der Waals surface area contributed by atoms with Crippen LogP contribution in [0.2, 0.25) is 0 Å². The van der Waals surface area contributed by atoms with Crippen molar-refractivity contribution in [3.8, 4) is 0 Å². The first kappa shape index (κ1) is 20.3. The molecule has 0 saturated carbocycles. The van der Waals surface area contributed by atoms with Crippen molar-refractivity contribution in [2.45, 2.75) is 19.8 Å². The molecule has 0 spiro atoms. The molecule has 3 rings (SSSR count). The Hall–Kier alpha value is -3.39. The van der Waals surface area contributed by atoms with E-state index in [1.54, 1.807) is 6.21 Å².